The molecule has 0 radical (unpaired) electrons. The minimum absolute atomic E-state index is 0.0860. The van der Waals surface area contributed by atoms with Crippen LogP contribution in [-0.2, 0) is 94.4 Å². The summed E-state index contributed by atoms with van der Waals surface area (Å²) < 4.78 is 248. The molecule has 0 spiro atoms. The first kappa shape index (κ1) is 101. The SMILES string of the molecule is Cc1ccc(CN=S(=O)(F)c2cccc3ccccc23)cc1.Cc1ccc(CN=S(=O)(F)c2ccccc2C)cc1.Cc1ccc(N=S(=O)(F)c2ccccc2)cc1.O=S(=O)(F)Oc1ccccc1N=S(=O)(F)c1ccccc1.O=S(F)(=NC12CC3CC(CC(C3)C1)C2)c1ccccc1.O=S(F)(=Nc1ccc(Br)cc1)c1ccccc1.O=S(F)(=Nc1ccccc1)c1ccccc1. The first-order valence-electron chi connectivity index (χ1n) is 40.9. The average molecular weight is 2020 g/mol. The molecule has 4 saturated carbocycles. The van der Waals surface area contributed by atoms with Crippen molar-refractivity contribution in [2.75, 3.05) is 0 Å². The van der Waals surface area contributed by atoms with Gasteiger partial charge >= 0.3 is 10.5 Å². The van der Waals surface area contributed by atoms with Gasteiger partial charge in [-0.1, -0.05) is 273 Å². The summed E-state index contributed by atoms with van der Waals surface area (Å²) in [6.45, 7) is 7.83. The molecule has 0 aliphatic heterocycles. The molecule has 7 atom stereocenters. The van der Waals surface area contributed by atoms with Crippen molar-refractivity contribution in [2.45, 2.75) is 119 Å². The molecular formula is C98H92BrF8N7O10S8. The van der Waals surface area contributed by atoms with Gasteiger partial charge < -0.3 is 4.18 Å². The second-order valence-electron chi connectivity index (χ2n) is 30.8. The summed E-state index contributed by atoms with van der Waals surface area (Å²) in [5.74, 6) is 1.52. The van der Waals surface area contributed by atoms with Crippen LogP contribution in [0.15, 0.2) is 439 Å². The molecule has 0 aromatic heterocycles. The molecule has 14 aromatic carbocycles. The van der Waals surface area contributed by atoms with Crippen molar-refractivity contribution in [1.82, 2.24) is 0 Å². The van der Waals surface area contributed by atoms with Crippen LogP contribution in [-0.4, -0.2) is 43.4 Å². The summed E-state index contributed by atoms with van der Waals surface area (Å²) in [6.07, 6.45) is 6.71. The highest BCUT2D eigenvalue weighted by Gasteiger charge is 2.52. The molecule has 34 heteroatoms. The molecule has 7 unspecified atom stereocenters. The Morgan fingerprint density at radius 1 is 0.311 bits per heavy atom. The van der Waals surface area contributed by atoms with Gasteiger partial charge in [0.2, 0.25) is 70.8 Å². The third-order valence-electron chi connectivity index (χ3n) is 20.5. The highest BCUT2D eigenvalue weighted by molar-refractivity contribution is 9.10. The zero-order valence-corrected chi connectivity index (χ0v) is 79.6. The van der Waals surface area contributed by atoms with E-state index in [-0.39, 0.29) is 58.6 Å². The average Bonchev–Trinajstić information content (AvgIpc) is 0.738. The van der Waals surface area contributed by atoms with Crippen LogP contribution in [0.3, 0.4) is 0 Å². The van der Waals surface area contributed by atoms with Crippen molar-refractivity contribution in [2.24, 2.45) is 48.3 Å². The van der Waals surface area contributed by atoms with Gasteiger partial charge in [0.05, 0.1) is 70.0 Å². The molecule has 4 aliphatic carbocycles. The maximum absolute atomic E-state index is 14.7. The van der Waals surface area contributed by atoms with Crippen LogP contribution in [0.2, 0.25) is 0 Å². The summed E-state index contributed by atoms with van der Waals surface area (Å²) in [4.78, 5) is 0.640. The molecule has 18 rings (SSSR count). The van der Waals surface area contributed by atoms with Gasteiger partial charge in [0.1, 0.15) is 5.69 Å². The van der Waals surface area contributed by atoms with E-state index >= 15 is 0 Å². The number of hydrogen-bond acceptors (Lipinski definition) is 17. The third-order valence-corrected chi connectivity index (χ3v) is 30.9. The fourth-order valence-corrected chi connectivity index (χ4v) is 22.8. The maximum Gasteiger partial charge on any atom is 0.488 e. The predicted octanol–water partition coefficient (Wildman–Crippen LogP) is 29.2. The van der Waals surface area contributed by atoms with Gasteiger partial charge in [-0.2, -0.15) is 30.2 Å². The Hall–Kier alpha value is -11.3. The van der Waals surface area contributed by atoms with Crippen molar-refractivity contribution in [3.63, 3.8) is 0 Å². The normalized spacial score (nSPS) is 18.1. The Bertz CT molecular complexity index is 7220. The maximum atomic E-state index is 14.7. The van der Waals surface area contributed by atoms with Gasteiger partial charge in [0.15, 0.2) is 5.75 Å². The molecule has 0 heterocycles. The largest absolute Gasteiger partial charge is 0.488 e. The number of halogens is 9. The van der Waals surface area contributed by atoms with Gasteiger partial charge in [-0.25, -0.2) is 38.2 Å². The lowest BCUT2D eigenvalue weighted by Crippen LogP contribution is -2.49. The van der Waals surface area contributed by atoms with E-state index in [2.05, 4.69) is 50.7 Å². The van der Waals surface area contributed by atoms with Crippen LogP contribution in [0.25, 0.3) is 10.8 Å². The second-order valence-corrected chi connectivity index (χ2v) is 43.7. The number of nitrogens with zero attached hydrogens (tertiary/aromatic N) is 7. The number of aryl methyl sites for hydroxylation is 4. The zero-order chi connectivity index (χ0) is 94.8. The van der Waals surface area contributed by atoms with E-state index < -0.39 is 87.1 Å². The molecule has 4 fully saturated rings. The second kappa shape index (κ2) is 45.9. The van der Waals surface area contributed by atoms with E-state index in [9.17, 15) is 69.0 Å². The van der Waals surface area contributed by atoms with E-state index in [0.29, 0.717) is 45.8 Å². The summed E-state index contributed by atoms with van der Waals surface area (Å²) in [6, 6.07) is 101. The Morgan fingerprint density at radius 3 is 1.03 bits per heavy atom. The zero-order valence-electron chi connectivity index (χ0n) is 71.5. The molecule has 17 nitrogen and oxygen atoms in total. The lowest BCUT2D eigenvalue weighted by molar-refractivity contribution is 0.00233. The van der Waals surface area contributed by atoms with E-state index in [1.165, 1.54) is 98.1 Å². The van der Waals surface area contributed by atoms with Gasteiger partial charge in [0, 0.05) is 9.86 Å². The van der Waals surface area contributed by atoms with E-state index in [4.69, 9.17) is 0 Å². The van der Waals surface area contributed by atoms with E-state index in [1.54, 1.807) is 213 Å². The first-order valence-corrected chi connectivity index (χ1v) is 52.9. The monoisotopic (exact) mass is 2010 g/mol. The molecule has 132 heavy (non-hydrogen) atoms. The molecule has 0 N–H and O–H groups in total. The van der Waals surface area contributed by atoms with Crippen LogP contribution in [0.4, 0.5) is 53.8 Å². The fourth-order valence-electron chi connectivity index (χ4n) is 14.6. The van der Waals surface area contributed by atoms with Gasteiger partial charge in [-0.3, -0.25) is 0 Å². The Balaban J connectivity index is 0.000000149. The van der Waals surface area contributed by atoms with Crippen molar-refractivity contribution in [1.29, 1.82) is 0 Å². The minimum Gasteiger partial charge on any atom is -0.356 e. The number of hydrogen-bond donors (Lipinski definition) is 0. The molecule has 4 aliphatic rings. The Labute approximate surface area is 778 Å². The lowest BCUT2D eigenvalue weighted by Gasteiger charge is -2.54. The third kappa shape index (κ3) is 30.6. The molecule has 690 valence electrons. The highest BCUT2D eigenvalue weighted by Crippen LogP contribution is 2.58. The molecule has 4 bridgehead atoms. The molecule has 14 aromatic rings. The topological polar surface area (TPSA) is 249 Å². The van der Waals surface area contributed by atoms with Crippen LogP contribution in [0, 0.1) is 45.4 Å². The Morgan fingerprint density at radius 2 is 0.621 bits per heavy atom. The fraction of sp³-hybridized carbons (Fsp3) is 0.163. The number of benzene rings is 14. The lowest BCUT2D eigenvalue weighted by atomic mass is 9.53. The van der Waals surface area contributed by atoms with Crippen LogP contribution < -0.4 is 4.18 Å². The quantitative estimate of drug-likeness (QED) is 0.0580. The highest BCUT2D eigenvalue weighted by atomic mass is 79.9. The molecular weight excluding hydrogens is 1920 g/mol. The summed E-state index contributed by atoms with van der Waals surface area (Å²) >= 11 is 3.26. The number of para-hydroxylation sites is 1. The van der Waals surface area contributed by atoms with Gasteiger partial charge in [0.25, 0.3) is 0 Å². The van der Waals surface area contributed by atoms with Crippen molar-refractivity contribution < 1.29 is 73.1 Å². The number of fused-ring (bicyclic) bond motifs is 1. The summed E-state index contributed by atoms with van der Waals surface area (Å²) in [5, 5.41) is 1.50. The summed E-state index contributed by atoms with van der Waals surface area (Å²) in [7, 11) is -32.7. The number of rotatable bonds is 18. The summed E-state index contributed by atoms with van der Waals surface area (Å²) in [5.41, 5.74) is 6.04. The van der Waals surface area contributed by atoms with Crippen LogP contribution in [0.5, 0.6) is 5.75 Å². The minimum atomic E-state index is -5.30. The molecule has 0 saturated heterocycles. The van der Waals surface area contributed by atoms with Crippen molar-refractivity contribution in [3.8, 4) is 5.75 Å². The van der Waals surface area contributed by atoms with Gasteiger partial charge in [-0.15, -0.1) is 27.2 Å². The van der Waals surface area contributed by atoms with Crippen LogP contribution in [0.1, 0.15) is 71.9 Å². The van der Waals surface area contributed by atoms with Crippen molar-refractivity contribution in [3.05, 3.63) is 408 Å². The van der Waals surface area contributed by atoms with E-state index in [1.807, 2.05) is 93.6 Å². The molecule has 0 amide bonds. The smallest absolute Gasteiger partial charge is 0.356 e. The Kier molecular flexibility index (Phi) is 35.2. The van der Waals surface area contributed by atoms with Crippen molar-refractivity contribution >= 4 is 131 Å². The van der Waals surface area contributed by atoms with Crippen LogP contribution >= 0.6 is 15.9 Å². The van der Waals surface area contributed by atoms with E-state index in [0.717, 1.165) is 69.1 Å². The van der Waals surface area contributed by atoms with Gasteiger partial charge in [-0.05, 0) is 240 Å². The first-order chi connectivity index (χ1) is 62.7. The standard InChI is InChI=1S/C18H16FNOS.C16H20FNOS.C15H16FNOS.C13H12FNOS.C12H9BrFNOS.C12H9F2NO4S2.C12H10FNOS/c1-14-9-11-15(12-10-14)13-20-22(19,21)18-8-4-6-16-5-2-3-7-17(16)18;17-20(19,15-4-2-1-3-5-15)18-16-9-12-6-13(10-16)8-14(7-12)11-16;1-12-7-9-14(10-8-12)11-17-19(16,18)15-6-4-3-5-13(15)2;1-11-7-9-12(10-8-11)15-17(14,16)13-5-3-2-4-6-13;13-10-6-8-11(9-7-10)15-17(14,16)12-4-2-1-3-5-12;13-20(16,10-6-2-1-3-7-10)15-11-8-4-5-9-12(11)19-21(14,17)18;13-16(15,12-9-5-2-6-10-12)14-11-7-3-1-4-8-11/h2-12H,13H2,1H3;1-5,12-14H,6-11H2;3-10H,11H2,1-2H3;2-10H,1H3;1-9H;1-9H;1-10H. The predicted molar refractivity (Wildman–Crippen MR) is 515 cm³/mol.